The van der Waals surface area contributed by atoms with Crippen LogP contribution in [0.2, 0.25) is 0 Å². The molecule has 5 heteroatoms. The first kappa shape index (κ1) is 17.1. The summed E-state index contributed by atoms with van der Waals surface area (Å²) in [5.41, 5.74) is 2.97. The maximum atomic E-state index is 12.7. The normalized spacial score (nSPS) is 16.4. The van der Waals surface area contributed by atoms with Crippen LogP contribution in [0.1, 0.15) is 17.5 Å². The van der Waals surface area contributed by atoms with E-state index in [2.05, 4.69) is 5.32 Å². The van der Waals surface area contributed by atoms with Gasteiger partial charge in [0.15, 0.2) is 11.5 Å². The maximum absolute atomic E-state index is 12.7. The van der Waals surface area contributed by atoms with E-state index >= 15 is 0 Å². The van der Waals surface area contributed by atoms with Crippen molar-refractivity contribution < 1.29 is 19.0 Å². The van der Waals surface area contributed by atoms with E-state index < -0.39 is 0 Å². The summed E-state index contributed by atoms with van der Waals surface area (Å²) in [5, 5.41) is 3.04. The molecule has 3 rings (SSSR count). The van der Waals surface area contributed by atoms with E-state index in [1.807, 2.05) is 36.4 Å². The monoisotopic (exact) mass is 341 g/mol. The Labute approximate surface area is 147 Å². The van der Waals surface area contributed by atoms with E-state index in [-0.39, 0.29) is 11.8 Å². The third kappa shape index (κ3) is 3.71. The molecule has 1 aliphatic rings. The molecule has 1 aliphatic heterocycles. The second kappa shape index (κ2) is 7.47. The Morgan fingerprint density at radius 2 is 1.80 bits per heavy atom. The number of hydrogen-bond acceptors (Lipinski definition) is 4. The topological polar surface area (TPSA) is 56.8 Å². The molecule has 132 valence electrons. The van der Waals surface area contributed by atoms with Gasteiger partial charge in [-0.25, -0.2) is 0 Å². The van der Waals surface area contributed by atoms with E-state index in [0.717, 1.165) is 35.4 Å². The molecule has 0 aromatic heterocycles. The van der Waals surface area contributed by atoms with Crippen LogP contribution in [0.4, 0.5) is 5.69 Å². The van der Waals surface area contributed by atoms with Crippen LogP contribution in [0.5, 0.6) is 17.2 Å². The molecule has 0 fully saturated rings. The van der Waals surface area contributed by atoms with Crippen molar-refractivity contribution in [2.75, 3.05) is 26.6 Å². The van der Waals surface area contributed by atoms with Gasteiger partial charge in [-0.2, -0.15) is 0 Å². The number of ether oxygens (including phenoxy) is 3. The van der Waals surface area contributed by atoms with E-state index in [1.54, 1.807) is 21.3 Å². The first-order chi connectivity index (χ1) is 12.1. The number of amides is 1. The number of aryl methyl sites for hydroxylation is 1. The summed E-state index contributed by atoms with van der Waals surface area (Å²) in [6.45, 7) is 0. The lowest BCUT2D eigenvalue weighted by Crippen LogP contribution is -2.23. The molecule has 0 bridgehead atoms. The minimum atomic E-state index is -0.0866. The molecule has 1 atom stereocenters. The Bertz CT molecular complexity index is 772. The predicted molar refractivity (Wildman–Crippen MR) is 96.7 cm³/mol. The van der Waals surface area contributed by atoms with Crippen molar-refractivity contribution in [3.63, 3.8) is 0 Å². The Morgan fingerprint density at radius 3 is 2.52 bits per heavy atom. The molecule has 0 saturated heterocycles. The van der Waals surface area contributed by atoms with E-state index in [9.17, 15) is 4.79 Å². The molecule has 0 aliphatic carbocycles. The lowest BCUT2D eigenvalue weighted by molar-refractivity contribution is -0.119. The molecule has 25 heavy (non-hydrogen) atoms. The fourth-order valence-electron chi connectivity index (χ4n) is 3.22. The van der Waals surface area contributed by atoms with Gasteiger partial charge in [0.25, 0.3) is 0 Å². The molecular weight excluding hydrogens is 318 g/mol. The molecule has 0 saturated carbocycles. The number of anilines is 1. The zero-order chi connectivity index (χ0) is 17.8. The van der Waals surface area contributed by atoms with Crippen LogP contribution in [0.3, 0.4) is 0 Å². The minimum absolute atomic E-state index is 0.0359. The standard InChI is InChI=1S/C20H23NO4/c1-23-16-6-4-5-13(10-16)9-15-8-7-14-11-18(24-2)19(25-3)12-17(14)21-20(15)22/h4-6,10-12,15H,7-9H2,1-3H3,(H,21,22). The largest absolute Gasteiger partial charge is 0.497 e. The molecule has 0 spiro atoms. The van der Waals surface area contributed by atoms with Gasteiger partial charge in [-0.05, 0) is 48.6 Å². The highest BCUT2D eigenvalue weighted by Crippen LogP contribution is 2.36. The fourth-order valence-corrected chi connectivity index (χ4v) is 3.22. The summed E-state index contributed by atoms with van der Waals surface area (Å²) in [6.07, 6.45) is 2.28. The van der Waals surface area contributed by atoms with Crippen molar-refractivity contribution in [1.29, 1.82) is 0 Å². The molecule has 1 heterocycles. The summed E-state index contributed by atoms with van der Waals surface area (Å²) in [6, 6.07) is 11.7. The smallest absolute Gasteiger partial charge is 0.227 e. The Morgan fingerprint density at radius 1 is 1.04 bits per heavy atom. The number of hydrogen-bond donors (Lipinski definition) is 1. The molecule has 2 aromatic rings. The zero-order valence-electron chi connectivity index (χ0n) is 14.8. The average molecular weight is 341 g/mol. The van der Waals surface area contributed by atoms with Crippen molar-refractivity contribution in [2.24, 2.45) is 5.92 Å². The minimum Gasteiger partial charge on any atom is -0.497 e. The van der Waals surface area contributed by atoms with Gasteiger partial charge in [-0.1, -0.05) is 12.1 Å². The van der Waals surface area contributed by atoms with Gasteiger partial charge in [0.1, 0.15) is 5.75 Å². The van der Waals surface area contributed by atoms with E-state index in [1.165, 1.54) is 0 Å². The highest BCUT2D eigenvalue weighted by Gasteiger charge is 2.25. The molecule has 1 N–H and O–H groups in total. The van der Waals surface area contributed by atoms with Gasteiger partial charge < -0.3 is 19.5 Å². The molecule has 5 nitrogen and oxygen atoms in total. The summed E-state index contributed by atoms with van der Waals surface area (Å²) >= 11 is 0. The number of rotatable bonds is 5. The van der Waals surface area contributed by atoms with Crippen LogP contribution in [0, 0.1) is 5.92 Å². The Hall–Kier alpha value is -2.69. The lowest BCUT2D eigenvalue weighted by atomic mass is 9.93. The van der Waals surface area contributed by atoms with Crippen molar-refractivity contribution in [3.05, 3.63) is 47.5 Å². The average Bonchev–Trinajstić information content (AvgIpc) is 2.79. The van der Waals surface area contributed by atoms with Gasteiger partial charge in [0.2, 0.25) is 5.91 Å². The molecule has 1 amide bonds. The number of fused-ring (bicyclic) bond motifs is 1. The summed E-state index contributed by atoms with van der Waals surface area (Å²) in [5.74, 6) is 2.06. The zero-order valence-corrected chi connectivity index (χ0v) is 14.8. The summed E-state index contributed by atoms with van der Waals surface area (Å²) < 4.78 is 16.0. The Kier molecular flexibility index (Phi) is 5.12. The maximum Gasteiger partial charge on any atom is 0.227 e. The summed E-state index contributed by atoms with van der Waals surface area (Å²) in [7, 11) is 4.86. The van der Waals surface area contributed by atoms with Crippen LogP contribution in [0.25, 0.3) is 0 Å². The van der Waals surface area contributed by atoms with Gasteiger partial charge in [0.05, 0.1) is 21.3 Å². The number of methoxy groups -OCH3 is 3. The highest BCUT2D eigenvalue weighted by molar-refractivity contribution is 5.94. The molecule has 2 aromatic carbocycles. The SMILES string of the molecule is COc1cccc(CC2CCc3cc(OC)c(OC)cc3NC2=O)c1. The highest BCUT2D eigenvalue weighted by atomic mass is 16.5. The van der Waals surface area contributed by atoms with Crippen LogP contribution in [-0.2, 0) is 17.6 Å². The van der Waals surface area contributed by atoms with Crippen molar-refractivity contribution in [2.45, 2.75) is 19.3 Å². The second-order valence-corrected chi connectivity index (χ2v) is 6.14. The number of carbonyl (C=O) groups excluding carboxylic acids is 1. The lowest BCUT2D eigenvalue weighted by Gasteiger charge is -2.14. The van der Waals surface area contributed by atoms with Gasteiger partial charge in [-0.15, -0.1) is 0 Å². The first-order valence-corrected chi connectivity index (χ1v) is 8.33. The van der Waals surface area contributed by atoms with E-state index in [4.69, 9.17) is 14.2 Å². The Balaban J connectivity index is 1.81. The van der Waals surface area contributed by atoms with Crippen LogP contribution in [-0.4, -0.2) is 27.2 Å². The van der Waals surface area contributed by atoms with Gasteiger partial charge in [-0.3, -0.25) is 4.79 Å². The van der Waals surface area contributed by atoms with E-state index in [0.29, 0.717) is 17.9 Å². The first-order valence-electron chi connectivity index (χ1n) is 8.33. The molecule has 1 unspecified atom stereocenters. The van der Waals surface area contributed by atoms with Crippen LogP contribution >= 0.6 is 0 Å². The molecular formula is C20H23NO4. The molecule has 0 radical (unpaired) electrons. The van der Waals surface area contributed by atoms with Crippen molar-refractivity contribution >= 4 is 11.6 Å². The number of carbonyl (C=O) groups is 1. The van der Waals surface area contributed by atoms with Crippen LogP contribution < -0.4 is 19.5 Å². The predicted octanol–water partition coefficient (Wildman–Crippen LogP) is 3.46. The number of benzene rings is 2. The fraction of sp³-hybridized carbons (Fsp3) is 0.350. The van der Waals surface area contributed by atoms with Crippen LogP contribution in [0.15, 0.2) is 36.4 Å². The number of nitrogens with one attached hydrogen (secondary N) is 1. The van der Waals surface area contributed by atoms with Gasteiger partial charge in [0, 0.05) is 17.7 Å². The van der Waals surface area contributed by atoms with Crippen molar-refractivity contribution in [1.82, 2.24) is 0 Å². The quantitative estimate of drug-likeness (QED) is 0.905. The summed E-state index contributed by atoms with van der Waals surface area (Å²) in [4.78, 5) is 12.7. The second-order valence-electron chi connectivity index (χ2n) is 6.14. The van der Waals surface area contributed by atoms with Gasteiger partial charge >= 0.3 is 0 Å². The third-order valence-corrected chi connectivity index (χ3v) is 4.62. The third-order valence-electron chi connectivity index (χ3n) is 4.62. The van der Waals surface area contributed by atoms with Crippen molar-refractivity contribution in [3.8, 4) is 17.2 Å².